The number of para-hydroxylation sites is 2. The lowest BCUT2D eigenvalue weighted by atomic mass is 9.94. The Balaban J connectivity index is 1.48. The lowest BCUT2D eigenvalue weighted by molar-refractivity contribution is -0.384. The second-order valence-electron chi connectivity index (χ2n) is 8.12. The van der Waals surface area contributed by atoms with Gasteiger partial charge in [0.25, 0.3) is 5.69 Å². The number of hydrogen-bond donors (Lipinski definition) is 1. The molecule has 0 saturated carbocycles. The topological polar surface area (TPSA) is 103 Å². The number of aromatic nitrogens is 2. The van der Waals surface area contributed by atoms with Crippen molar-refractivity contribution in [3.8, 4) is 5.75 Å². The molecule has 9 heteroatoms. The number of benzene rings is 2. The van der Waals surface area contributed by atoms with Crippen LogP contribution in [0.1, 0.15) is 30.3 Å². The number of anilines is 1. The van der Waals surface area contributed by atoms with Crippen LogP contribution in [0.4, 0.5) is 11.4 Å². The van der Waals surface area contributed by atoms with Crippen molar-refractivity contribution in [2.24, 2.45) is 13.0 Å². The quantitative estimate of drug-likeness (QED) is 0.438. The first-order valence-corrected chi connectivity index (χ1v) is 10.9. The largest absolute Gasteiger partial charge is 0.497 e. The summed E-state index contributed by atoms with van der Waals surface area (Å²) in [5, 5.41) is 14.6. The van der Waals surface area contributed by atoms with Gasteiger partial charge in [-0.25, -0.2) is 4.98 Å². The van der Waals surface area contributed by atoms with Crippen molar-refractivity contribution < 1.29 is 14.5 Å². The highest BCUT2D eigenvalue weighted by molar-refractivity contribution is 5.80. The first-order valence-electron chi connectivity index (χ1n) is 10.9. The van der Waals surface area contributed by atoms with Crippen LogP contribution in [0.2, 0.25) is 0 Å². The van der Waals surface area contributed by atoms with Crippen molar-refractivity contribution >= 4 is 17.3 Å². The van der Waals surface area contributed by atoms with Gasteiger partial charge < -0.3 is 19.5 Å². The van der Waals surface area contributed by atoms with Gasteiger partial charge in [-0.1, -0.05) is 24.3 Å². The van der Waals surface area contributed by atoms with Crippen LogP contribution in [0.25, 0.3) is 0 Å². The van der Waals surface area contributed by atoms with E-state index in [1.54, 1.807) is 31.5 Å². The lowest BCUT2D eigenvalue weighted by Gasteiger charge is -2.33. The average Bonchev–Trinajstić information content (AvgIpc) is 3.27. The smallest absolute Gasteiger partial charge is 0.292 e. The predicted octanol–water partition coefficient (Wildman–Crippen LogP) is 3.46. The molecule has 0 radical (unpaired) electrons. The summed E-state index contributed by atoms with van der Waals surface area (Å²) >= 11 is 0. The minimum Gasteiger partial charge on any atom is -0.497 e. The van der Waals surface area contributed by atoms with Crippen LogP contribution in [0.15, 0.2) is 60.9 Å². The van der Waals surface area contributed by atoms with Crippen molar-refractivity contribution in [3.63, 3.8) is 0 Å². The third kappa shape index (κ3) is 4.82. The van der Waals surface area contributed by atoms with Gasteiger partial charge in [-0.2, -0.15) is 0 Å². The molecule has 172 valence electrons. The monoisotopic (exact) mass is 449 g/mol. The van der Waals surface area contributed by atoms with Crippen molar-refractivity contribution in [1.82, 2.24) is 14.9 Å². The third-order valence-corrected chi connectivity index (χ3v) is 6.12. The molecule has 33 heavy (non-hydrogen) atoms. The van der Waals surface area contributed by atoms with Gasteiger partial charge >= 0.3 is 0 Å². The summed E-state index contributed by atoms with van der Waals surface area (Å²) in [6, 6.07) is 13.9. The normalized spacial score (nSPS) is 15.2. The van der Waals surface area contributed by atoms with Gasteiger partial charge in [0, 0.05) is 44.5 Å². The number of nitro groups is 1. The molecule has 3 aromatic rings. The number of ether oxygens (including phenoxy) is 1. The van der Waals surface area contributed by atoms with E-state index in [0.717, 1.165) is 11.4 Å². The summed E-state index contributed by atoms with van der Waals surface area (Å²) in [5.41, 5.74) is 1.58. The van der Waals surface area contributed by atoms with Crippen molar-refractivity contribution in [2.45, 2.75) is 18.9 Å². The molecule has 1 atom stereocenters. The number of carbonyl (C=O) groups excluding carboxylic acids is 1. The maximum atomic E-state index is 13.3. The molecule has 1 fully saturated rings. The molecule has 1 N–H and O–H groups in total. The summed E-state index contributed by atoms with van der Waals surface area (Å²) in [4.78, 5) is 30.7. The van der Waals surface area contributed by atoms with Crippen LogP contribution in [0.5, 0.6) is 5.75 Å². The van der Waals surface area contributed by atoms with Crippen LogP contribution >= 0.6 is 0 Å². The fourth-order valence-electron chi connectivity index (χ4n) is 4.30. The Morgan fingerprint density at radius 2 is 1.97 bits per heavy atom. The second-order valence-corrected chi connectivity index (χ2v) is 8.12. The molecule has 2 heterocycles. The summed E-state index contributed by atoms with van der Waals surface area (Å²) < 4.78 is 7.25. The highest BCUT2D eigenvalue weighted by Gasteiger charge is 2.30. The molecule has 1 amide bonds. The molecule has 0 aliphatic carbocycles. The molecule has 1 aliphatic heterocycles. The van der Waals surface area contributed by atoms with E-state index < -0.39 is 6.04 Å². The number of hydrogen-bond acceptors (Lipinski definition) is 6. The van der Waals surface area contributed by atoms with E-state index in [4.69, 9.17) is 4.74 Å². The maximum Gasteiger partial charge on any atom is 0.292 e. The summed E-state index contributed by atoms with van der Waals surface area (Å²) in [6.07, 6.45) is 4.78. The van der Waals surface area contributed by atoms with Gasteiger partial charge in [0.2, 0.25) is 5.91 Å². The van der Waals surface area contributed by atoms with Crippen LogP contribution in [-0.2, 0) is 11.8 Å². The van der Waals surface area contributed by atoms with Gasteiger partial charge in [0.1, 0.15) is 23.3 Å². The number of imidazole rings is 1. The zero-order valence-electron chi connectivity index (χ0n) is 18.7. The van der Waals surface area contributed by atoms with E-state index >= 15 is 0 Å². The van der Waals surface area contributed by atoms with E-state index in [2.05, 4.69) is 10.3 Å². The number of nitro benzene ring substituents is 1. The zero-order valence-corrected chi connectivity index (χ0v) is 18.7. The number of carbonyl (C=O) groups is 1. The number of rotatable bonds is 7. The Bertz CT molecular complexity index is 1140. The van der Waals surface area contributed by atoms with Crippen LogP contribution in [0, 0.1) is 16.0 Å². The zero-order chi connectivity index (χ0) is 23.4. The molecule has 1 aliphatic rings. The summed E-state index contributed by atoms with van der Waals surface area (Å²) in [5.74, 6) is 1.21. The Morgan fingerprint density at radius 1 is 1.21 bits per heavy atom. The first kappa shape index (κ1) is 22.3. The minimum atomic E-state index is -0.416. The Labute approximate surface area is 192 Å². The highest BCUT2D eigenvalue weighted by Crippen LogP contribution is 2.32. The third-order valence-electron chi connectivity index (χ3n) is 6.12. The van der Waals surface area contributed by atoms with Crippen molar-refractivity contribution in [2.75, 3.05) is 25.1 Å². The number of amides is 1. The van der Waals surface area contributed by atoms with E-state index in [1.807, 2.05) is 47.0 Å². The predicted molar refractivity (Wildman–Crippen MR) is 124 cm³/mol. The van der Waals surface area contributed by atoms with E-state index in [9.17, 15) is 14.9 Å². The van der Waals surface area contributed by atoms with Gasteiger partial charge in [-0.15, -0.1) is 0 Å². The van der Waals surface area contributed by atoms with Crippen LogP contribution in [-0.4, -0.2) is 40.6 Å². The van der Waals surface area contributed by atoms with Gasteiger partial charge in [-0.3, -0.25) is 14.9 Å². The molecule has 2 aromatic carbocycles. The average molecular weight is 450 g/mol. The number of methoxy groups -OCH3 is 1. The molecule has 4 rings (SSSR count). The fraction of sp³-hybridized carbons (Fsp3) is 0.333. The van der Waals surface area contributed by atoms with E-state index in [-0.39, 0.29) is 22.4 Å². The molecule has 1 unspecified atom stereocenters. The number of piperidine rings is 1. The maximum absolute atomic E-state index is 13.3. The van der Waals surface area contributed by atoms with Crippen LogP contribution in [0.3, 0.4) is 0 Å². The van der Waals surface area contributed by atoms with Crippen molar-refractivity contribution in [3.05, 3.63) is 82.4 Å². The number of aryl methyl sites for hydroxylation is 1. The number of nitrogens with zero attached hydrogens (tertiary/aromatic N) is 4. The Hall–Kier alpha value is -3.88. The lowest BCUT2D eigenvalue weighted by Crippen LogP contribution is -2.42. The van der Waals surface area contributed by atoms with Gasteiger partial charge in [-0.05, 0) is 36.6 Å². The summed E-state index contributed by atoms with van der Waals surface area (Å²) in [7, 11) is 3.51. The fourth-order valence-corrected chi connectivity index (χ4v) is 4.30. The molecular formula is C24H27N5O4. The molecule has 9 nitrogen and oxygen atoms in total. The van der Waals surface area contributed by atoms with Gasteiger partial charge in [0.05, 0.1) is 12.0 Å². The first-order chi connectivity index (χ1) is 16.0. The van der Waals surface area contributed by atoms with Gasteiger partial charge in [0.15, 0.2) is 0 Å². The Kier molecular flexibility index (Phi) is 6.58. The number of nitrogens with one attached hydrogen (secondary N) is 1. The van der Waals surface area contributed by atoms with E-state index in [0.29, 0.717) is 37.4 Å². The van der Waals surface area contributed by atoms with E-state index in [1.165, 1.54) is 6.07 Å². The Morgan fingerprint density at radius 3 is 2.64 bits per heavy atom. The molecule has 0 bridgehead atoms. The second kappa shape index (κ2) is 9.72. The molecule has 1 saturated heterocycles. The molecular weight excluding hydrogens is 422 g/mol. The van der Waals surface area contributed by atoms with Crippen molar-refractivity contribution in [1.29, 1.82) is 0 Å². The highest BCUT2D eigenvalue weighted by atomic mass is 16.6. The molecule has 0 spiro atoms. The molecule has 1 aromatic heterocycles. The van der Waals surface area contributed by atoms with Crippen LogP contribution < -0.4 is 15.0 Å². The SMILES string of the molecule is COc1cccc(C(NC(=O)C2CCN(c3ccccc3[N+](=O)[O-])CC2)c2nccn2C)c1. The summed E-state index contributed by atoms with van der Waals surface area (Å²) in [6.45, 7) is 1.16. The minimum absolute atomic E-state index is 0.0481. The standard InChI is InChI=1S/C24H27N5O4/c1-27-15-12-25-23(27)22(18-6-5-7-19(16-18)33-2)26-24(30)17-10-13-28(14-11-17)20-8-3-4-9-21(20)29(31)32/h3-9,12,15-17,22H,10-11,13-14H2,1-2H3,(H,26,30).